The number of likely N-dealkylation sites (N-methyl/N-ethyl adjacent to an activating group) is 1. The number of rotatable bonds is 6. The second-order valence-corrected chi connectivity index (χ2v) is 5.26. The molecule has 0 fully saturated rings. The van der Waals surface area contributed by atoms with Crippen molar-refractivity contribution in [1.29, 1.82) is 0 Å². The molecule has 0 saturated carbocycles. The van der Waals surface area contributed by atoms with Crippen LogP contribution in [-0.2, 0) is 6.54 Å². The summed E-state index contributed by atoms with van der Waals surface area (Å²) in [7, 11) is 1.96. The molecule has 4 nitrogen and oxygen atoms in total. The monoisotopic (exact) mass is 301 g/mol. The molecule has 0 spiro atoms. The van der Waals surface area contributed by atoms with E-state index in [2.05, 4.69) is 15.2 Å². The van der Waals surface area contributed by atoms with Gasteiger partial charge >= 0.3 is 0 Å². The van der Waals surface area contributed by atoms with E-state index >= 15 is 0 Å². The van der Waals surface area contributed by atoms with Crippen molar-refractivity contribution in [3.63, 3.8) is 0 Å². The predicted octanol–water partition coefficient (Wildman–Crippen LogP) is 2.39. The highest BCUT2D eigenvalue weighted by Crippen LogP contribution is 2.05. The number of nitrogens with zero attached hydrogens (tertiary/aromatic N) is 2. The molecule has 1 N–H and O–H groups in total. The van der Waals surface area contributed by atoms with Gasteiger partial charge in [0.1, 0.15) is 5.82 Å². The number of hydrogen-bond acceptors (Lipinski definition) is 3. The number of halogens is 1. The van der Waals surface area contributed by atoms with Crippen molar-refractivity contribution in [2.45, 2.75) is 13.5 Å². The Kier molecular flexibility index (Phi) is 5.61. The molecule has 0 bridgehead atoms. The standard InChI is InChI=1S/C17H20FN3O/c1-13-16(4-3-9-19-13)17(22)20-10-11-21(2)12-14-5-7-15(18)8-6-14/h3-9H,10-12H2,1-2H3,(H,20,22). The number of amides is 1. The number of aromatic nitrogens is 1. The van der Waals surface area contributed by atoms with E-state index in [0.717, 1.165) is 11.3 Å². The van der Waals surface area contributed by atoms with Crippen LogP contribution in [0.5, 0.6) is 0 Å². The van der Waals surface area contributed by atoms with Crippen LogP contribution in [0, 0.1) is 12.7 Å². The third-order valence-electron chi connectivity index (χ3n) is 3.40. The minimum Gasteiger partial charge on any atom is -0.351 e. The lowest BCUT2D eigenvalue weighted by atomic mass is 10.2. The van der Waals surface area contributed by atoms with E-state index in [4.69, 9.17) is 0 Å². The maximum atomic E-state index is 12.8. The number of benzene rings is 1. The molecule has 22 heavy (non-hydrogen) atoms. The molecule has 1 aromatic heterocycles. The summed E-state index contributed by atoms with van der Waals surface area (Å²) in [5.74, 6) is -0.341. The molecule has 2 aromatic rings. The first kappa shape index (κ1) is 16.1. The summed E-state index contributed by atoms with van der Waals surface area (Å²) in [6, 6.07) is 9.96. The Balaban J connectivity index is 1.77. The van der Waals surface area contributed by atoms with Gasteiger partial charge in [0.05, 0.1) is 5.56 Å². The lowest BCUT2D eigenvalue weighted by Crippen LogP contribution is -2.33. The zero-order valence-electron chi connectivity index (χ0n) is 12.8. The largest absolute Gasteiger partial charge is 0.351 e. The van der Waals surface area contributed by atoms with Crippen LogP contribution in [0.1, 0.15) is 21.6 Å². The highest BCUT2D eigenvalue weighted by molar-refractivity contribution is 5.95. The van der Waals surface area contributed by atoms with Crippen molar-refractivity contribution in [2.75, 3.05) is 20.1 Å². The summed E-state index contributed by atoms with van der Waals surface area (Å²) < 4.78 is 12.8. The van der Waals surface area contributed by atoms with Gasteiger partial charge in [-0.25, -0.2) is 4.39 Å². The van der Waals surface area contributed by atoms with Crippen molar-refractivity contribution < 1.29 is 9.18 Å². The van der Waals surface area contributed by atoms with E-state index in [1.807, 2.05) is 14.0 Å². The lowest BCUT2D eigenvalue weighted by molar-refractivity contribution is 0.0948. The Labute approximate surface area is 130 Å². The van der Waals surface area contributed by atoms with Gasteiger partial charge in [-0.2, -0.15) is 0 Å². The van der Waals surface area contributed by atoms with Crippen LogP contribution in [0.2, 0.25) is 0 Å². The average Bonchev–Trinajstić information content (AvgIpc) is 2.50. The van der Waals surface area contributed by atoms with E-state index in [9.17, 15) is 9.18 Å². The zero-order chi connectivity index (χ0) is 15.9. The Hall–Kier alpha value is -2.27. The molecule has 1 amide bonds. The summed E-state index contributed by atoms with van der Waals surface area (Å²) in [5, 5.41) is 2.88. The Morgan fingerprint density at radius 2 is 2.00 bits per heavy atom. The molecular formula is C17H20FN3O. The van der Waals surface area contributed by atoms with Crippen LogP contribution < -0.4 is 5.32 Å². The minimum absolute atomic E-state index is 0.110. The van der Waals surface area contributed by atoms with Crippen LogP contribution in [0.4, 0.5) is 4.39 Å². The molecule has 1 aromatic carbocycles. The molecule has 0 aliphatic carbocycles. The summed E-state index contributed by atoms with van der Waals surface area (Å²) in [4.78, 5) is 18.2. The SMILES string of the molecule is Cc1ncccc1C(=O)NCCN(C)Cc1ccc(F)cc1. The summed E-state index contributed by atoms with van der Waals surface area (Å²) in [6.45, 7) is 3.78. The normalized spacial score (nSPS) is 10.7. The third kappa shape index (κ3) is 4.63. The Morgan fingerprint density at radius 1 is 1.27 bits per heavy atom. The van der Waals surface area contributed by atoms with Crippen LogP contribution in [-0.4, -0.2) is 35.9 Å². The van der Waals surface area contributed by atoms with E-state index < -0.39 is 0 Å². The molecule has 116 valence electrons. The number of nitrogens with one attached hydrogen (secondary N) is 1. The number of aryl methyl sites for hydroxylation is 1. The number of pyridine rings is 1. The maximum absolute atomic E-state index is 12.8. The number of hydrogen-bond donors (Lipinski definition) is 1. The van der Waals surface area contributed by atoms with E-state index in [-0.39, 0.29) is 11.7 Å². The van der Waals surface area contributed by atoms with Gasteiger partial charge in [0.15, 0.2) is 0 Å². The van der Waals surface area contributed by atoms with Gasteiger partial charge in [-0.05, 0) is 43.8 Å². The van der Waals surface area contributed by atoms with Crippen LogP contribution in [0.25, 0.3) is 0 Å². The Bertz CT molecular complexity index is 628. The molecular weight excluding hydrogens is 281 g/mol. The number of carbonyl (C=O) groups is 1. The molecule has 0 atom stereocenters. The van der Waals surface area contributed by atoms with E-state index in [1.54, 1.807) is 30.5 Å². The summed E-state index contributed by atoms with van der Waals surface area (Å²) >= 11 is 0. The van der Waals surface area contributed by atoms with Crippen LogP contribution in [0.15, 0.2) is 42.6 Å². The second kappa shape index (κ2) is 7.66. The van der Waals surface area contributed by atoms with Crippen LogP contribution in [0.3, 0.4) is 0 Å². The molecule has 0 saturated heterocycles. The fourth-order valence-corrected chi connectivity index (χ4v) is 2.16. The van der Waals surface area contributed by atoms with Gasteiger partial charge in [-0.3, -0.25) is 9.78 Å². The van der Waals surface area contributed by atoms with Gasteiger partial charge in [-0.1, -0.05) is 12.1 Å². The second-order valence-electron chi connectivity index (χ2n) is 5.26. The van der Waals surface area contributed by atoms with Crippen LogP contribution >= 0.6 is 0 Å². The molecule has 0 aliphatic heterocycles. The van der Waals surface area contributed by atoms with Gasteiger partial charge in [0.2, 0.25) is 0 Å². The van der Waals surface area contributed by atoms with Crippen molar-refractivity contribution in [3.05, 3.63) is 65.2 Å². The van der Waals surface area contributed by atoms with Crippen molar-refractivity contribution in [2.24, 2.45) is 0 Å². The van der Waals surface area contributed by atoms with Gasteiger partial charge < -0.3 is 10.2 Å². The Morgan fingerprint density at radius 3 is 2.68 bits per heavy atom. The molecule has 0 radical (unpaired) electrons. The maximum Gasteiger partial charge on any atom is 0.253 e. The van der Waals surface area contributed by atoms with E-state index in [1.165, 1.54) is 12.1 Å². The fourth-order valence-electron chi connectivity index (χ4n) is 2.16. The molecule has 5 heteroatoms. The third-order valence-corrected chi connectivity index (χ3v) is 3.40. The minimum atomic E-state index is -0.231. The predicted molar refractivity (Wildman–Crippen MR) is 84.0 cm³/mol. The molecule has 0 unspecified atom stereocenters. The highest BCUT2D eigenvalue weighted by Gasteiger charge is 2.08. The quantitative estimate of drug-likeness (QED) is 0.891. The van der Waals surface area contributed by atoms with Crippen molar-refractivity contribution in [3.8, 4) is 0 Å². The smallest absolute Gasteiger partial charge is 0.253 e. The van der Waals surface area contributed by atoms with Gasteiger partial charge in [-0.15, -0.1) is 0 Å². The molecule has 2 rings (SSSR count). The first-order valence-electron chi connectivity index (χ1n) is 7.19. The van der Waals surface area contributed by atoms with E-state index in [0.29, 0.717) is 25.2 Å². The lowest BCUT2D eigenvalue weighted by Gasteiger charge is -2.17. The first-order valence-corrected chi connectivity index (χ1v) is 7.19. The van der Waals surface area contributed by atoms with Gasteiger partial charge in [0.25, 0.3) is 5.91 Å². The summed E-state index contributed by atoms with van der Waals surface area (Å²) in [6.07, 6.45) is 1.67. The first-order chi connectivity index (χ1) is 10.6. The fraction of sp³-hybridized carbons (Fsp3) is 0.294. The van der Waals surface area contributed by atoms with Crippen molar-refractivity contribution in [1.82, 2.24) is 15.2 Å². The molecule has 1 heterocycles. The average molecular weight is 301 g/mol. The summed E-state index contributed by atoms with van der Waals surface area (Å²) in [5.41, 5.74) is 2.36. The zero-order valence-corrected chi connectivity index (χ0v) is 12.8. The molecule has 0 aliphatic rings. The topological polar surface area (TPSA) is 45.2 Å². The van der Waals surface area contributed by atoms with Crippen molar-refractivity contribution >= 4 is 5.91 Å². The number of carbonyl (C=O) groups excluding carboxylic acids is 1. The highest BCUT2D eigenvalue weighted by atomic mass is 19.1. The van der Waals surface area contributed by atoms with Gasteiger partial charge in [0, 0.05) is 31.5 Å².